The van der Waals surface area contributed by atoms with Crippen LogP contribution in [0.2, 0.25) is 5.15 Å². The van der Waals surface area contributed by atoms with Gasteiger partial charge in [0.1, 0.15) is 12.4 Å². The van der Waals surface area contributed by atoms with Crippen molar-refractivity contribution in [2.24, 2.45) is 0 Å². The van der Waals surface area contributed by atoms with Crippen molar-refractivity contribution in [2.45, 2.75) is 32.2 Å². The molecular weight excluding hydrogens is 422 g/mol. The molecule has 0 aliphatic rings. The van der Waals surface area contributed by atoms with E-state index in [1.165, 1.54) is 11.8 Å². The molecule has 0 saturated carbocycles. The third kappa shape index (κ3) is 5.61. The first kappa shape index (κ1) is 21.9. The molecule has 0 bridgehead atoms. The highest BCUT2D eigenvalue weighted by Crippen LogP contribution is 2.23. The number of ether oxygens (including phenoxy) is 1. The molecule has 1 N–H and O–H groups in total. The van der Waals surface area contributed by atoms with Crippen molar-refractivity contribution in [1.82, 2.24) is 19.7 Å². The fourth-order valence-electron chi connectivity index (χ4n) is 2.65. The van der Waals surface area contributed by atoms with E-state index in [9.17, 15) is 4.79 Å². The molecule has 156 valence electrons. The number of carbonyl (C=O) groups excluding carboxylic acids is 1. The van der Waals surface area contributed by atoms with Crippen molar-refractivity contribution in [3.05, 3.63) is 71.3 Å². The summed E-state index contributed by atoms with van der Waals surface area (Å²) in [7, 11) is 0. The Bertz CT molecular complexity index is 1050. The monoisotopic (exact) mass is 443 g/mol. The predicted octanol–water partition coefficient (Wildman–Crippen LogP) is 4.44. The topological polar surface area (TPSA) is 81.9 Å². The Balaban J connectivity index is 1.65. The van der Waals surface area contributed by atoms with Gasteiger partial charge in [0.25, 0.3) is 0 Å². The second kappa shape index (κ2) is 10.3. The van der Waals surface area contributed by atoms with Crippen molar-refractivity contribution in [3.63, 3.8) is 0 Å². The number of aryl methyl sites for hydroxylation is 2. The van der Waals surface area contributed by atoms with Crippen LogP contribution in [0.3, 0.4) is 0 Å². The molecular formula is C21H22ClN5O2S. The first-order chi connectivity index (χ1) is 14.5. The van der Waals surface area contributed by atoms with Crippen LogP contribution in [-0.4, -0.2) is 31.4 Å². The normalized spacial score (nSPS) is 10.6. The lowest BCUT2D eigenvalue weighted by atomic mass is 10.1. The summed E-state index contributed by atoms with van der Waals surface area (Å²) in [4.78, 5) is 16.2. The average Bonchev–Trinajstić information content (AvgIpc) is 3.11. The van der Waals surface area contributed by atoms with Gasteiger partial charge in [-0.1, -0.05) is 41.6 Å². The number of pyridine rings is 1. The fraction of sp³-hybridized carbons (Fsp3) is 0.238. The Morgan fingerprint density at radius 2 is 2.17 bits per heavy atom. The van der Waals surface area contributed by atoms with Gasteiger partial charge >= 0.3 is 0 Å². The van der Waals surface area contributed by atoms with Crippen LogP contribution in [0.1, 0.15) is 17.0 Å². The molecule has 9 heteroatoms. The van der Waals surface area contributed by atoms with Crippen LogP contribution in [0.4, 0.5) is 5.69 Å². The Labute approximate surface area is 184 Å². The third-order valence-corrected chi connectivity index (χ3v) is 5.44. The second-order valence-corrected chi connectivity index (χ2v) is 7.83. The quantitative estimate of drug-likeness (QED) is 0.299. The summed E-state index contributed by atoms with van der Waals surface area (Å²) >= 11 is 7.26. The first-order valence-electron chi connectivity index (χ1n) is 9.24. The van der Waals surface area contributed by atoms with Crippen molar-refractivity contribution < 1.29 is 9.53 Å². The number of carbonyl (C=O) groups is 1. The van der Waals surface area contributed by atoms with Crippen LogP contribution >= 0.6 is 23.4 Å². The number of benzene rings is 1. The van der Waals surface area contributed by atoms with Gasteiger partial charge in [0.2, 0.25) is 5.91 Å². The summed E-state index contributed by atoms with van der Waals surface area (Å²) in [6, 6.07) is 9.46. The van der Waals surface area contributed by atoms with Gasteiger partial charge in [0.15, 0.2) is 16.1 Å². The van der Waals surface area contributed by atoms with Gasteiger partial charge in [-0.05, 0) is 43.2 Å². The molecule has 0 unspecified atom stereocenters. The smallest absolute Gasteiger partial charge is 0.234 e. The molecule has 0 saturated heterocycles. The van der Waals surface area contributed by atoms with E-state index in [-0.39, 0.29) is 23.4 Å². The highest BCUT2D eigenvalue weighted by atomic mass is 35.5. The van der Waals surface area contributed by atoms with E-state index in [2.05, 4.69) is 27.1 Å². The van der Waals surface area contributed by atoms with Crippen molar-refractivity contribution in [1.29, 1.82) is 0 Å². The number of aromatic nitrogens is 4. The summed E-state index contributed by atoms with van der Waals surface area (Å²) in [5.74, 6) is 1.41. The highest BCUT2D eigenvalue weighted by molar-refractivity contribution is 7.99. The molecule has 2 heterocycles. The van der Waals surface area contributed by atoms with Crippen LogP contribution in [0.5, 0.6) is 5.75 Å². The number of nitrogens with zero attached hydrogens (tertiary/aromatic N) is 4. The summed E-state index contributed by atoms with van der Waals surface area (Å²) in [6.07, 6.45) is 3.32. The maximum Gasteiger partial charge on any atom is 0.234 e. The average molecular weight is 444 g/mol. The number of hydrogen-bond donors (Lipinski definition) is 1. The minimum Gasteiger partial charge on any atom is -0.485 e. The Kier molecular flexibility index (Phi) is 7.48. The molecule has 0 aliphatic carbocycles. The molecule has 0 fully saturated rings. The molecule has 3 aromatic rings. The lowest BCUT2D eigenvalue weighted by molar-refractivity contribution is -0.113. The second-order valence-electron chi connectivity index (χ2n) is 6.53. The number of allylic oxidation sites excluding steroid dienone is 1. The van der Waals surface area contributed by atoms with Gasteiger partial charge in [-0.2, -0.15) is 0 Å². The van der Waals surface area contributed by atoms with Crippen LogP contribution in [0.15, 0.2) is 54.3 Å². The number of nitrogens with one attached hydrogen (secondary N) is 1. The lowest BCUT2D eigenvalue weighted by Crippen LogP contribution is -2.15. The van der Waals surface area contributed by atoms with E-state index in [0.29, 0.717) is 23.2 Å². The summed E-state index contributed by atoms with van der Waals surface area (Å²) in [6.45, 7) is 8.59. The minimum atomic E-state index is -0.212. The van der Waals surface area contributed by atoms with Gasteiger partial charge < -0.3 is 10.1 Å². The van der Waals surface area contributed by atoms with Crippen molar-refractivity contribution in [2.75, 3.05) is 11.1 Å². The molecule has 3 rings (SSSR count). The molecule has 1 amide bonds. The zero-order chi connectivity index (χ0) is 21.5. The summed E-state index contributed by atoms with van der Waals surface area (Å²) in [5.41, 5.74) is 2.65. The standard InChI is InChI=1S/C21H22ClN5O2S/c1-4-10-27-18(12-29-17-11-14(2)7-8-15(17)3)25-26-21(27)30-13-19(28)24-16-6-5-9-23-20(16)22/h4-9,11H,1,10,12-13H2,2-3H3,(H,24,28). The third-order valence-electron chi connectivity index (χ3n) is 4.17. The van der Waals surface area contributed by atoms with Crippen molar-refractivity contribution in [3.8, 4) is 5.75 Å². The number of halogens is 1. The van der Waals surface area contributed by atoms with E-state index < -0.39 is 0 Å². The SMILES string of the molecule is C=CCn1c(COc2cc(C)ccc2C)nnc1SCC(=O)Nc1cccnc1Cl. The number of rotatable bonds is 9. The van der Waals surface area contributed by atoms with Gasteiger partial charge in [-0.15, -0.1) is 16.8 Å². The van der Waals surface area contributed by atoms with E-state index in [0.717, 1.165) is 16.9 Å². The zero-order valence-corrected chi connectivity index (χ0v) is 18.3. The van der Waals surface area contributed by atoms with Crippen LogP contribution in [-0.2, 0) is 17.9 Å². The molecule has 0 radical (unpaired) electrons. The van der Waals surface area contributed by atoms with Gasteiger partial charge in [0.05, 0.1) is 11.4 Å². The van der Waals surface area contributed by atoms with E-state index >= 15 is 0 Å². The summed E-state index contributed by atoms with van der Waals surface area (Å²) in [5, 5.41) is 12.0. The van der Waals surface area contributed by atoms with Gasteiger partial charge in [0, 0.05) is 12.7 Å². The predicted molar refractivity (Wildman–Crippen MR) is 119 cm³/mol. The molecule has 0 atom stereocenters. The van der Waals surface area contributed by atoms with Crippen LogP contribution < -0.4 is 10.1 Å². The maximum absolute atomic E-state index is 12.3. The molecule has 2 aromatic heterocycles. The van der Waals surface area contributed by atoms with E-state index in [1.54, 1.807) is 24.4 Å². The molecule has 30 heavy (non-hydrogen) atoms. The van der Waals surface area contributed by atoms with Gasteiger partial charge in [-0.25, -0.2) is 4.98 Å². The maximum atomic E-state index is 12.3. The number of anilines is 1. The largest absolute Gasteiger partial charge is 0.485 e. The van der Waals surface area contributed by atoms with Crippen LogP contribution in [0, 0.1) is 13.8 Å². The Morgan fingerprint density at radius 3 is 2.93 bits per heavy atom. The number of thioether (sulfide) groups is 1. The molecule has 0 spiro atoms. The molecule has 1 aromatic carbocycles. The Hall–Kier alpha value is -2.84. The lowest BCUT2D eigenvalue weighted by Gasteiger charge is -2.11. The first-order valence-corrected chi connectivity index (χ1v) is 10.6. The fourth-order valence-corrected chi connectivity index (χ4v) is 3.58. The zero-order valence-electron chi connectivity index (χ0n) is 16.8. The minimum absolute atomic E-state index is 0.151. The van der Waals surface area contributed by atoms with E-state index in [4.69, 9.17) is 16.3 Å². The van der Waals surface area contributed by atoms with Crippen LogP contribution in [0.25, 0.3) is 0 Å². The summed E-state index contributed by atoms with van der Waals surface area (Å²) < 4.78 is 7.84. The van der Waals surface area contributed by atoms with E-state index in [1.807, 2.05) is 36.6 Å². The van der Waals surface area contributed by atoms with Gasteiger partial charge in [-0.3, -0.25) is 9.36 Å². The molecule has 7 nitrogen and oxygen atoms in total. The number of amides is 1. The Morgan fingerprint density at radius 1 is 1.33 bits per heavy atom. The molecule has 0 aliphatic heterocycles. The van der Waals surface area contributed by atoms with Crippen molar-refractivity contribution >= 4 is 35.0 Å². The highest BCUT2D eigenvalue weighted by Gasteiger charge is 2.15. The number of hydrogen-bond acceptors (Lipinski definition) is 6.